The van der Waals surface area contributed by atoms with Crippen LogP contribution < -0.4 is 60.8 Å². The first-order valence-corrected chi connectivity index (χ1v) is 40.2. The number of rotatable bonds is 24. The minimum atomic E-state index is -3.63. The number of nitrogens with one attached hydrogen (secondary N) is 6. The topological polar surface area (TPSA) is 297 Å². The minimum absolute atomic E-state index is 0.158. The molecule has 116 heavy (non-hydrogen) atoms. The molecule has 5 aliphatic rings. The van der Waals surface area contributed by atoms with Crippen LogP contribution in [0.1, 0.15) is 37.8 Å². The van der Waals surface area contributed by atoms with E-state index in [0.717, 1.165) is 154 Å². The van der Waals surface area contributed by atoms with E-state index in [2.05, 4.69) is 157 Å². The van der Waals surface area contributed by atoms with E-state index in [1.807, 2.05) is 60.8 Å². The maximum atomic E-state index is 15.1. The third-order valence-corrected chi connectivity index (χ3v) is 21.3. The molecule has 9 heterocycles. The quantitative estimate of drug-likeness (QED) is 0.0306. The number of carbonyl (C=O) groups excluding carboxylic acids is 3. The number of carbonyl (C=O) groups is 3. The van der Waals surface area contributed by atoms with Gasteiger partial charge in [0, 0.05) is 173 Å². The summed E-state index contributed by atoms with van der Waals surface area (Å²) < 4.78 is 63.9. The second-order valence-electron chi connectivity index (χ2n) is 29.0. The number of hydrogen-bond acceptors (Lipinski definition) is 23. The monoisotopic (exact) mass is 1580 g/mol. The summed E-state index contributed by atoms with van der Waals surface area (Å²) in [7, 11) is 2.73. The van der Waals surface area contributed by atoms with Gasteiger partial charge in [0.2, 0.25) is 63.2 Å². The van der Waals surface area contributed by atoms with Gasteiger partial charge in [0.15, 0.2) is 5.65 Å². The first kappa shape index (κ1) is 78.1. The molecule has 0 unspecified atom stereocenters. The molecule has 0 bridgehead atoms. The molecule has 3 amide bonds. The molecule has 17 rings (SSSR count). The third kappa shape index (κ3) is 19.2. The Balaban J connectivity index is 0.000000137. The van der Waals surface area contributed by atoms with Crippen LogP contribution in [0.3, 0.4) is 0 Å². The van der Waals surface area contributed by atoms with Crippen molar-refractivity contribution >= 4 is 130 Å². The van der Waals surface area contributed by atoms with Gasteiger partial charge < -0.3 is 84.6 Å². The number of aromatic nitrogens is 9. The molecule has 0 radical (unpaired) electrons. The number of halogens is 1. The maximum absolute atomic E-state index is 15.1. The summed E-state index contributed by atoms with van der Waals surface area (Å²) in [6.07, 6.45) is 14.7. The van der Waals surface area contributed by atoms with Crippen molar-refractivity contribution in [1.29, 1.82) is 0 Å². The van der Waals surface area contributed by atoms with Crippen molar-refractivity contribution in [3.05, 3.63) is 220 Å². The predicted molar refractivity (Wildman–Crippen MR) is 454 cm³/mol. The van der Waals surface area contributed by atoms with Crippen LogP contribution in [0, 0.1) is 5.82 Å². The average molecular weight is 1580 g/mol. The number of amides is 3. The Morgan fingerprint density at radius 2 is 0.759 bits per heavy atom. The molecule has 2 aliphatic carbocycles. The standard InChI is InChI=1S/C29H30FN7O2.C29H31N7O2.C27H29N7O4S/c1-3-26(38)31-19-5-4-6-22(17-19)39-28-23-11-12-37(21-8-9-21)27(23)33-29(34-28)32-20-7-10-25(24(30)18-20)36-15-13-35(2)14-16-36;1-3-26(37)30-21-5-4-6-24(19-21)38-28-25-13-14-36(23-11-12-23)27(25)32-29(33-28)31-20-7-9-22(10-8-20)35-17-15-34(2)16-18-35;1-4-24(35)28-20-6-5-7-22(18-20)38-26-23-12-13-34(39(3,36)37)25(23)30-27(31-26)29-19-8-10-21(11-9-19)33-16-14-32(2)15-17-33/h3-7,10-12,17-18,21H,1,8-9,13-16H2,2H3,(H,31,38)(H,32,33,34);3-10,13-14,19,23H,1,11-12,15-18H2,2H3,(H,30,37)(H,31,32,33);4-13,18H,1,14-17H2,2-3H3,(H,28,35)(H,29,30,31). The Kier molecular flexibility index (Phi) is 23.3. The summed E-state index contributed by atoms with van der Waals surface area (Å²) in [6.45, 7) is 22.0. The Hall–Kier alpha value is -13.2. The fourth-order valence-electron chi connectivity index (χ4n) is 13.7. The van der Waals surface area contributed by atoms with Crippen molar-refractivity contribution in [2.45, 2.75) is 37.8 Å². The van der Waals surface area contributed by atoms with Gasteiger partial charge in [0.25, 0.3) is 0 Å². The molecule has 12 aromatic rings. The number of nitrogens with zero attached hydrogens (tertiary/aromatic N) is 15. The number of fused-ring (bicyclic) bond motifs is 3. The molecule has 3 saturated heterocycles. The zero-order valence-electron chi connectivity index (χ0n) is 64.8. The van der Waals surface area contributed by atoms with Crippen LogP contribution in [0.5, 0.6) is 34.9 Å². The minimum Gasteiger partial charge on any atom is -0.438 e. The van der Waals surface area contributed by atoms with E-state index in [-0.39, 0.29) is 41.0 Å². The van der Waals surface area contributed by atoms with Crippen molar-refractivity contribution in [1.82, 2.24) is 57.7 Å². The highest BCUT2D eigenvalue weighted by Crippen LogP contribution is 2.43. The van der Waals surface area contributed by atoms with Crippen molar-refractivity contribution in [2.24, 2.45) is 0 Å². The molecule has 596 valence electrons. The maximum Gasteiger partial charge on any atom is 0.247 e. The molecular weight excluding hydrogens is 1490 g/mol. The van der Waals surface area contributed by atoms with Crippen molar-refractivity contribution < 1.29 is 41.4 Å². The molecular formula is C85H90FN21O8S. The van der Waals surface area contributed by atoms with Gasteiger partial charge in [-0.3, -0.25) is 14.4 Å². The summed E-state index contributed by atoms with van der Waals surface area (Å²) in [5.74, 6) is 2.15. The van der Waals surface area contributed by atoms with E-state index < -0.39 is 10.0 Å². The molecule has 5 fully saturated rings. The zero-order valence-corrected chi connectivity index (χ0v) is 65.6. The highest BCUT2D eigenvalue weighted by atomic mass is 32.2. The van der Waals surface area contributed by atoms with Crippen LogP contribution in [0.15, 0.2) is 214 Å². The van der Waals surface area contributed by atoms with Gasteiger partial charge in [-0.2, -0.15) is 29.9 Å². The van der Waals surface area contributed by atoms with Crippen molar-refractivity contribution in [3.63, 3.8) is 0 Å². The number of piperazine rings is 3. The Labute approximate surface area is 670 Å². The summed E-state index contributed by atoms with van der Waals surface area (Å²) in [5.41, 5.74) is 8.61. The SMILES string of the molecule is C=CC(=O)Nc1cccc(Oc2nc(Nc3ccc(N4CCN(C)CC4)c(F)c3)nc3c2ccn3C2CC2)c1.C=CC(=O)Nc1cccc(Oc2nc(Nc3ccc(N4CCN(C)CC4)cc3)nc3c2ccn3C2CC2)c1.C=CC(=O)Nc1cccc(Oc2nc(Nc3ccc(N4CCN(C)CC4)cc3)nc3c2ccn3S(C)(=O)=O)c1. The average Bonchev–Trinajstić information content (AvgIpc) is 1.61. The number of ether oxygens (including phenoxy) is 3. The van der Waals surface area contributed by atoms with Crippen molar-refractivity contribution in [3.8, 4) is 34.9 Å². The zero-order chi connectivity index (χ0) is 80.6. The Bertz CT molecular complexity index is 5750. The predicted octanol–water partition coefficient (Wildman–Crippen LogP) is 14.1. The summed E-state index contributed by atoms with van der Waals surface area (Å²) in [5, 5.41) is 19.9. The van der Waals surface area contributed by atoms with Crippen molar-refractivity contribution in [2.75, 3.05) is 153 Å². The van der Waals surface area contributed by atoms with Crippen LogP contribution in [0.4, 0.5) is 73.4 Å². The number of hydrogen-bond donors (Lipinski definition) is 6. The molecule has 6 N–H and O–H groups in total. The van der Waals surface area contributed by atoms with E-state index in [1.54, 1.807) is 72.8 Å². The molecule has 6 aromatic carbocycles. The van der Waals surface area contributed by atoms with Crippen LogP contribution in [-0.4, -0.2) is 190 Å². The van der Waals surface area contributed by atoms with Gasteiger partial charge >= 0.3 is 0 Å². The van der Waals surface area contributed by atoms with Gasteiger partial charge in [-0.05, 0) is 186 Å². The van der Waals surface area contributed by atoms with E-state index >= 15 is 4.39 Å². The normalized spacial score (nSPS) is 15.3. The van der Waals surface area contributed by atoms with E-state index in [4.69, 9.17) is 29.2 Å². The van der Waals surface area contributed by atoms with Crippen LogP contribution in [0.2, 0.25) is 0 Å². The van der Waals surface area contributed by atoms with Crippen LogP contribution in [-0.2, 0) is 24.4 Å². The third-order valence-electron chi connectivity index (χ3n) is 20.3. The molecule has 6 aromatic heterocycles. The molecule has 29 nitrogen and oxygen atoms in total. The highest BCUT2D eigenvalue weighted by Gasteiger charge is 2.30. The first-order chi connectivity index (χ1) is 56.2. The van der Waals surface area contributed by atoms with Gasteiger partial charge in [-0.1, -0.05) is 37.9 Å². The lowest BCUT2D eigenvalue weighted by molar-refractivity contribution is -0.112. The largest absolute Gasteiger partial charge is 0.438 e. The fourth-order valence-corrected chi connectivity index (χ4v) is 14.4. The number of benzene rings is 6. The Morgan fingerprint density at radius 3 is 1.12 bits per heavy atom. The van der Waals surface area contributed by atoms with Crippen LogP contribution in [0.25, 0.3) is 33.1 Å². The second kappa shape index (κ2) is 34.6. The van der Waals surface area contributed by atoms with Gasteiger partial charge in [-0.15, -0.1) is 0 Å². The molecule has 31 heteroatoms. The van der Waals surface area contributed by atoms with Crippen LogP contribution >= 0.6 is 0 Å². The lowest BCUT2D eigenvalue weighted by Gasteiger charge is -2.34. The van der Waals surface area contributed by atoms with E-state index in [0.29, 0.717) is 86.8 Å². The van der Waals surface area contributed by atoms with Gasteiger partial charge in [-0.25, -0.2) is 16.8 Å². The summed E-state index contributed by atoms with van der Waals surface area (Å²) in [6, 6.07) is 48.9. The molecule has 2 saturated carbocycles. The summed E-state index contributed by atoms with van der Waals surface area (Å²) >= 11 is 0. The lowest BCUT2D eigenvalue weighted by atomic mass is 10.2. The molecule has 0 spiro atoms. The molecule has 3 aliphatic heterocycles. The lowest BCUT2D eigenvalue weighted by Crippen LogP contribution is -2.44. The van der Waals surface area contributed by atoms with Gasteiger partial charge in [0.1, 0.15) is 34.4 Å². The van der Waals surface area contributed by atoms with E-state index in [9.17, 15) is 22.8 Å². The Morgan fingerprint density at radius 1 is 0.414 bits per heavy atom. The second-order valence-corrected chi connectivity index (χ2v) is 30.9. The van der Waals surface area contributed by atoms with Gasteiger partial charge in [0.05, 0.1) is 28.1 Å². The summed E-state index contributed by atoms with van der Waals surface area (Å²) in [4.78, 5) is 76.9. The smallest absolute Gasteiger partial charge is 0.247 e. The first-order valence-electron chi connectivity index (χ1n) is 38.3. The highest BCUT2D eigenvalue weighted by molar-refractivity contribution is 7.89. The number of likely N-dealkylation sites (N-methyl/N-ethyl adjacent to an activating group) is 3. The fraction of sp³-hybridized carbons (Fsp3) is 0.259. The molecule has 0 atom stereocenters. The van der Waals surface area contributed by atoms with E-state index in [1.165, 1.54) is 36.2 Å². The number of anilines is 12.